The molecule has 0 spiro atoms. The van der Waals surface area contributed by atoms with Crippen LogP contribution in [-0.2, 0) is 23.7 Å². The molecule has 3 aromatic rings. The average Bonchev–Trinajstić information content (AvgIpc) is 3.14. The summed E-state index contributed by atoms with van der Waals surface area (Å²) in [7, 11) is 0. The van der Waals surface area contributed by atoms with Crippen LogP contribution in [0.4, 0.5) is 0 Å². The molecule has 0 bridgehead atoms. The van der Waals surface area contributed by atoms with E-state index >= 15 is 0 Å². The van der Waals surface area contributed by atoms with Crippen molar-refractivity contribution in [2.45, 2.75) is 92.1 Å². The summed E-state index contributed by atoms with van der Waals surface area (Å²) in [5.41, 5.74) is -1.26. The fraction of sp³-hybridized carbons (Fsp3) is 0.545. The lowest BCUT2D eigenvalue weighted by atomic mass is 9.96. The van der Waals surface area contributed by atoms with Crippen molar-refractivity contribution in [3.05, 3.63) is 46.6 Å². The Bertz CT molecular complexity index is 1800. The Morgan fingerprint density at radius 2 is 1.07 bits per heavy atom. The van der Waals surface area contributed by atoms with Gasteiger partial charge in [-0.3, -0.25) is 4.79 Å². The quantitative estimate of drug-likeness (QED) is 0.0922. The zero-order valence-corrected chi connectivity index (χ0v) is 27.8. The predicted octanol–water partition coefficient (Wildman–Crippen LogP) is -4.60. The molecule has 0 unspecified atom stereocenters. The second kappa shape index (κ2) is 16.2. The van der Waals surface area contributed by atoms with Crippen LogP contribution in [-0.4, -0.2) is 178 Å². The van der Waals surface area contributed by atoms with Gasteiger partial charge in [0.25, 0.3) is 0 Å². The molecule has 3 aliphatic heterocycles. The third-order valence-electron chi connectivity index (χ3n) is 9.36. The van der Waals surface area contributed by atoms with Crippen molar-refractivity contribution in [1.29, 1.82) is 0 Å². The second-order valence-corrected chi connectivity index (χ2v) is 12.9. The van der Waals surface area contributed by atoms with E-state index in [1.54, 1.807) is 0 Å². The summed E-state index contributed by atoms with van der Waals surface area (Å²) in [6.45, 7) is -2.69. The van der Waals surface area contributed by atoms with Gasteiger partial charge in [-0.2, -0.15) is 0 Å². The van der Waals surface area contributed by atoms with Crippen molar-refractivity contribution in [3.8, 4) is 34.3 Å². The first kappa shape index (κ1) is 39.9. The van der Waals surface area contributed by atoms with E-state index in [-0.39, 0.29) is 22.7 Å². The Labute approximate surface area is 303 Å². The molecule has 0 aliphatic carbocycles. The minimum Gasteiger partial charge on any atom is -0.508 e. The van der Waals surface area contributed by atoms with Crippen LogP contribution in [0.1, 0.15) is 0 Å². The van der Waals surface area contributed by atoms with E-state index in [1.165, 1.54) is 24.3 Å². The number of phenolic OH excluding ortho intramolecular Hbond substituents is 3. The molecule has 15 atom stereocenters. The van der Waals surface area contributed by atoms with Gasteiger partial charge in [-0.25, -0.2) is 0 Å². The highest BCUT2D eigenvalue weighted by atomic mass is 16.8. The first-order chi connectivity index (χ1) is 25.7. The summed E-state index contributed by atoms with van der Waals surface area (Å²) < 4.78 is 40.2. The molecule has 298 valence electrons. The molecular formula is C33H40O21. The number of aromatic hydroxyl groups is 3. The van der Waals surface area contributed by atoms with Crippen molar-refractivity contribution < 1.29 is 99.2 Å². The molecule has 0 radical (unpaired) electrons. The summed E-state index contributed by atoms with van der Waals surface area (Å²) in [4.78, 5) is 14.0. The number of aliphatic hydroxyl groups excluding tert-OH is 10. The molecule has 3 saturated heterocycles. The second-order valence-electron chi connectivity index (χ2n) is 12.9. The SMILES string of the molecule is O=c1c(O[C@H]2O[C@H](CO)[C@H](O)[C@@H](O)[C@@H]2O[C@H]2O[C@H](CO)[C@H](O)[C@@H](O)[C@H]2O[C@H]2O[C@H](CO)[C@H](O)[C@@H](O)[C@H]2O)c(-c2ccc(O)cc2)oc2cc(O)cc(O)c12. The minimum absolute atomic E-state index is 0.101. The van der Waals surface area contributed by atoms with Gasteiger partial charge in [0.2, 0.25) is 17.5 Å². The molecule has 3 fully saturated rings. The van der Waals surface area contributed by atoms with Crippen molar-refractivity contribution >= 4 is 11.0 Å². The van der Waals surface area contributed by atoms with Crippen LogP contribution in [0, 0.1) is 0 Å². The molecule has 0 saturated carbocycles. The number of benzene rings is 2. The van der Waals surface area contributed by atoms with E-state index in [0.29, 0.717) is 0 Å². The van der Waals surface area contributed by atoms with Crippen molar-refractivity contribution in [2.75, 3.05) is 19.8 Å². The maximum Gasteiger partial charge on any atom is 0.239 e. The normalized spacial score (nSPS) is 37.3. The highest BCUT2D eigenvalue weighted by Gasteiger charge is 2.54. The number of rotatable bonds is 10. The topological polar surface area (TPSA) is 349 Å². The lowest BCUT2D eigenvalue weighted by molar-refractivity contribution is -0.389. The van der Waals surface area contributed by atoms with Gasteiger partial charge in [0.05, 0.1) is 19.8 Å². The van der Waals surface area contributed by atoms with Crippen LogP contribution in [0.15, 0.2) is 45.6 Å². The van der Waals surface area contributed by atoms with Crippen LogP contribution in [0.2, 0.25) is 0 Å². The summed E-state index contributed by atoms with van der Waals surface area (Å²) in [6.07, 6.45) is -28.3. The Kier molecular flexibility index (Phi) is 11.9. The van der Waals surface area contributed by atoms with Crippen LogP contribution in [0.25, 0.3) is 22.3 Å². The molecule has 3 aliphatic rings. The van der Waals surface area contributed by atoms with Crippen LogP contribution in [0.3, 0.4) is 0 Å². The Balaban J connectivity index is 1.40. The van der Waals surface area contributed by atoms with E-state index in [2.05, 4.69) is 0 Å². The summed E-state index contributed by atoms with van der Waals surface area (Å²) in [6, 6.07) is 6.99. The Morgan fingerprint density at radius 3 is 1.65 bits per heavy atom. The molecule has 13 N–H and O–H groups in total. The third kappa shape index (κ3) is 7.45. The van der Waals surface area contributed by atoms with Gasteiger partial charge in [0.1, 0.15) is 95.4 Å². The third-order valence-corrected chi connectivity index (χ3v) is 9.36. The van der Waals surface area contributed by atoms with Gasteiger partial charge >= 0.3 is 0 Å². The fourth-order valence-electron chi connectivity index (χ4n) is 6.39. The van der Waals surface area contributed by atoms with Crippen molar-refractivity contribution in [3.63, 3.8) is 0 Å². The predicted molar refractivity (Wildman–Crippen MR) is 173 cm³/mol. The molecule has 6 rings (SSSR count). The van der Waals surface area contributed by atoms with Crippen LogP contribution in [0.5, 0.6) is 23.0 Å². The fourth-order valence-corrected chi connectivity index (χ4v) is 6.39. The molecule has 0 amide bonds. The largest absolute Gasteiger partial charge is 0.508 e. The van der Waals surface area contributed by atoms with E-state index in [9.17, 15) is 71.2 Å². The van der Waals surface area contributed by atoms with E-state index in [1.807, 2.05) is 0 Å². The maximum atomic E-state index is 14.0. The monoisotopic (exact) mass is 772 g/mol. The number of hydrogen-bond acceptors (Lipinski definition) is 21. The Hall–Kier alpha value is -3.75. The maximum absolute atomic E-state index is 14.0. The number of ether oxygens (including phenoxy) is 6. The number of hydrogen-bond donors (Lipinski definition) is 13. The summed E-state index contributed by atoms with van der Waals surface area (Å²) >= 11 is 0. The number of fused-ring (bicyclic) bond motifs is 1. The van der Waals surface area contributed by atoms with Crippen molar-refractivity contribution in [2.24, 2.45) is 0 Å². The van der Waals surface area contributed by atoms with E-state index in [0.717, 1.165) is 12.1 Å². The van der Waals surface area contributed by atoms with Gasteiger partial charge in [0.15, 0.2) is 24.4 Å². The molecule has 21 heteroatoms. The molecule has 1 aromatic heterocycles. The summed E-state index contributed by atoms with van der Waals surface area (Å²) in [5, 5.41) is 135. The highest BCUT2D eigenvalue weighted by molar-refractivity contribution is 5.88. The standard InChI is InChI=1S/C33H40O21/c34-7-15-19(40)23(44)26(47)31(49-15)53-29-24(45)20(41)17(9-36)51-33(29)54-30-25(46)21(42)16(8-35)50-32(30)52-28-22(43)18-13(39)5-12(38)6-14(18)48-27(28)10-1-3-11(37)4-2-10/h1-6,15-17,19-21,23-26,29-42,44-47H,7-9H2/t15-,16-,17-,19+,20+,21+,23-,24-,25-,26-,29-,30+,31-,32-,33-/m1/s1. The van der Waals surface area contributed by atoms with Gasteiger partial charge in [0, 0.05) is 17.7 Å². The lowest BCUT2D eigenvalue weighted by Gasteiger charge is -2.48. The zero-order chi connectivity index (χ0) is 39.2. The van der Waals surface area contributed by atoms with E-state index in [4.69, 9.17) is 32.8 Å². The summed E-state index contributed by atoms with van der Waals surface area (Å²) in [5.74, 6) is -2.45. The van der Waals surface area contributed by atoms with Crippen molar-refractivity contribution in [1.82, 2.24) is 0 Å². The number of phenols is 3. The first-order valence-electron chi connectivity index (χ1n) is 16.5. The van der Waals surface area contributed by atoms with Gasteiger partial charge in [-0.05, 0) is 24.3 Å². The molecule has 2 aromatic carbocycles. The van der Waals surface area contributed by atoms with Crippen LogP contribution >= 0.6 is 0 Å². The number of aliphatic hydroxyl groups is 10. The lowest BCUT2D eigenvalue weighted by Crippen LogP contribution is -2.67. The Morgan fingerprint density at radius 1 is 0.574 bits per heavy atom. The van der Waals surface area contributed by atoms with Gasteiger partial charge < -0.3 is 99.2 Å². The molecule has 21 nitrogen and oxygen atoms in total. The highest BCUT2D eigenvalue weighted by Crippen LogP contribution is 2.39. The molecular weight excluding hydrogens is 732 g/mol. The average molecular weight is 773 g/mol. The van der Waals surface area contributed by atoms with Crippen LogP contribution < -0.4 is 10.2 Å². The first-order valence-corrected chi connectivity index (χ1v) is 16.5. The zero-order valence-electron chi connectivity index (χ0n) is 27.8. The van der Waals surface area contributed by atoms with Gasteiger partial charge in [-0.1, -0.05) is 0 Å². The van der Waals surface area contributed by atoms with Gasteiger partial charge in [-0.15, -0.1) is 0 Å². The van der Waals surface area contributed by atoms with E-state index < -0.39 is 140 Å². The molecule has 4 heterocycles. The molecule has 54 heavy (non-hydrogen) atoms. The minimum atomic E-state index is -2.08. The smallest absolute Gasteiger partial charge is 0.239 e.